The summed E-state index contributed by atoms with van der Waals surface area (Å²) in [5.74, 6) is -0.236. The van der Waals surface area contributed by atoms with E-state index in [1.807, 2.05) is 111 Å². The minimum absolute atomic E-state index is 0.0533. The molecule has 0 aliphatic rings. The molecule has 10 heteroatoms. The van der Waals surface area contributed by atoms with Crippen LogP contribution >= 0.6 is 0 Å². The molecule has 0 fully saturated rings. The Labute approximate surface area is 304 Å². The second-order valence-electron chi connectivity index (χ2n) is 10.8. The summed E-state index contributed by atoms with van der Waals surface area (Å²) >= 11 is 0. The molecule has 0 aliphatic heterocycles. The minimum Gasteiger partial charge on any atom is -0.462 e. The summed E-state index contributed by atoms with van der Waals surface area (Å²) in [6.45, 7) is 9.77. The van der Waals surface area contributed by atoms with Crippen molar-refractivity contribution in [2.24, 2.45) is 0 Å². The number of hydrogen-bond acceptors (Lipinski definition) is 9. The van der Waals surface area contributed by atoms with E-state index in [0.29, 0.717) is 5.39 Å². The third-order valence-corrected chi connectivity index (χ3v) is 7.36. The van der Waals surface area contributed by atoms with Gasteiger partial charge in [0.15, 0.2) is 5.57 Å². The Hall–Kier alpha value is -6.16. The highest BCUT2D eigenvalue weighted by molar-refractivity contribution is 6.14. The molecule has 5 rings (SSSR count). The van der Waals surface area contributed by atoms with E-state index in [9.17, 15) is 19.2 Å². The second kappa shape index (κ2) is 21.8. The van der Waals surface area contributed by atoms with Crippen molar-refractivity contribution >= 4 is 34.5 Å². The van der Waals surface area contributed by atoms with Crippen molar-refractivity contribution in [1.82, 2.24) is 4.98 Å². The van der Waals surface area contributed by atoms with Crippen molar-refractivity contribution < 1.29 is 33.3 Å². The fraction of sp³-hybridized carbons (Fsp3) is 0.238. The van der Waals surface area contributed by atoms with Crippen LogP contribution < -0.4 is 15.5 Å². The van der Waals surface area contributed by atoms with Crippen molar-refractivity contribution in [2.45, 2.75) is 47.5 Å². The fourth-order valence-corrected chi connectivity index (χ4v) is 4.82. The van der Waals surface area contributed by atoms with Gasteiger partial charge in [-0.15, -0.1) is 0 Å². The Morgan fingerprint density at radius 3 is 1.69 bits per heavy atom. The molecule has 1 heterocycles. The number of anilines is 1. The third-order valence-electron chi connectivity index (χ3n) is 7.36. The first-order chi connectivity index (χ1) is 25.3. The maximum Gasteiger partial charge on any atom is 0.347 e. The van der Waals surface area contributed by atoms with Gasteiger partial charge in [0.05, 0.1) is 25.3 Å². The summed E-state index contributed by atoms with van der Waals surface area (Å²) in [7, 11) is 0. The highest BCUT2D eigenvalue weighted by Crippen LogP contribution is 2.20. The zero-order valence-electron chi connectivity index (χ0n) is 30.3. The van der Waals surface area contributed by atoms with Gasteiger partial charge < -0.3 is 29.2 Å². The zero-order chi connectivity index (χ0) is 37.7. The van der Waals surface area contributed by atoms with Crippen LogP contribution in [0.3, 0.4) is 0 Å². The lowest BCUT2D eigenvalue weighted by atomic mass is 10.1. The summed E-state index contributed by atoms with van der Waals surface area (Å²) in [5, 5.41) is 3.51. The van der Waals surface area contributed by atoms with E-state index in [4.69, 9.17) is 18.9 Å². The number of esters is 3. The van der Waals surface area contributed by atoms with Crippen molar-refractivity contribution in [3.05, 3.63) is 148 Å². The summed E-state index contributed by atoms with van der Waals surface area (Å²) < 4.78 is 20.2. The van der Waals surface area contributed by atoms with Crippen LogP contribution in [0, 0.1) is 0 Å². The van der Waals surface area contributed by atoms with E-state index in [1.165, 1.54) is 12.4 Å². The summed E-state index contributed by atoms with van der Waals surface area (Å²) in [6.07, 6.45) is 4.43. The number of nitrogens with one attached hydrogen (secondary N) is 2. The predicted molar refractivity (Wildman–Crippen MR) is 204 cm³/mol. The van der Waals surface area contributed by atoms with Crippen LogP contribution in [0.15, 0.2) is 126 Å². The van der Waals surface area contributed by atoms with Crippen molar-refractivity contribution in [3.63, 3.8) is 0 Å². The predicted octanol–water partition coefficient (Wildman–Crippen LogP) is 8.42. The van der Waals surface area contributed by atoms with Gasteiger partial charge in [0.1, 0.15) is 17.1 Å². The monoisotopic (exact) mass is 706 g/mol. The summed E-state index contributed by atoms with van der Waals surface area (Å²) in [5.41, 5.74) is 3.39. The molecule has 0 aliphatic carbocycles. The first kappa shape index (κ1) is 40.3. The Morgan fingerprint density at radius 1 is 0.635 bits per heavy atom. The lowest BCUT2D eigenvalue weighted by Crippen LogP contribution is -2.19. The number of pyridine rings is 1. The molecule has 272 valence electrons. The van der Waals surface area contributed by atoms with E-state index in [-0.39, 0.29) is 36.4 Å². The number of carbonyl (C=O) groups excluding carboxylic acids is 3. The average Bonchev–Trinajstić information content (AvgIpc) is 3.17. The van der Waals surface area contributed by atoms with E-state index in [0.717, 1.165) is 46.7 Å². The molecule has 0 atom stereocenters. The highest BCUT2D eigenvalue weighted by Gasteiger charge is 2.21. The SMILES string of the molecule is CCOC(=O)C(=CNc1ccccc1CC)C(=O)OCC.CCOC(=O)c1c[nH]c2c(CC)cccc2c1=O.c1ccc(Oc2ccccc2)cc1. The molecule has 0 spiro atoms. The summed E-state index contributed by atoms with van der Waals surface area (Å²) in [6, 6.07) is 32.7. The van der Waals surface area contributed by atoms with E-state index in [1.54, 1.807) is 26.8 Å². The number of fused-ring (bicyclic) bond motifs is 1. The van der Waals surface area contributed by atoms with Gasteiger partial charge in [-0.2, -0.15) is 0 Å². The Kier molecular flexibility index (Phi) is 16.9. The van der Waals surface area contributed by atoms with E-state index < -0.39 is 17.9 Å². The van der Waals surface area contributed by atoms with Gasteiger partial charge in [0, 0.05) is 23.5 Å². The molecular formula is C42H46N2O8. The number of hydrogen-bond donors (Lipinski definition) is 2. The molecule has 0 radical (unpaired) electrons. The molecule has 0 saturated heterocycles. The number of aromatic nitrogens is 1. The average molecular weight is 707 g/mol. The molecule has 0 amide bonds. The topological polar surface area (TPSA) is 133 Å². The van der Waals surface area contributed by atoms with Crippen molar-refractivity contribution in [1.29, 1.82) is 0 Å². The maximum atomic E-state index is 12.2. The lowest BCUT2D eigenvalue weighted by molar-refractivity contribution is -0.146. The standard InChI is InChI=1S/C16H21NO4.C14H15NO3.C12H10O/c1-4-12-9-7-8-10-14(12)17-11-13(15(18)20-5-2)16(19)21-6-3;1-3-9-6-5-7-10-12(9)15-8-11(13(10)16)14(17)18-4-2;1-3-7-11(8-4-1)13-12-9-5-2-6-10-12/h7-11,17H,4-6H2,1-3H3;5-8H,3-4H2,1-2H3,(H,15,16);1-10H. The Morgan fingerprint density at radius 2 is 1.15 bits per heavy atom. The number of ether oxygens (including phenoxy) is 4. The number of para-hydroxylation sites is 4. The minimum atomic E-state index is -0.697. The van der Waals surface area contributed by atoms with Gasteiger partial charge >= 0.3 is 17.9 Å². The van der Waals surface area contributed by atoms with Crippen LogP contribution in [0.4, 0.5) is 5.69 Å². The second-order valence-corrected chi connectivity index (χ2v) is 10.8. The molecule has 4 aromatic carbocycles. The van der Waals surface area contributed by atoms with Gasteiger partial charge in [0.25, 0.3) is 0 Å². The number of aromatic amines is 1. The number of benzene rings is 4. The first-order valence-electron chi connectivity index (χ1n) is 17.2. The molecule has 10 nitrogen and oxygen atoms in total. The van der Waals surface area contributed by atoms with Gasteiger partial charge in [-0.25, -0.2) is 14.4 Å². The number of aryl methyl sites for hydroxylation is 2. The maximum absolute atomic E-state index is 12.2. The molecule has 0 bridgehead atoms. The molecule has 52 heavy (non-hydrogen) atoms. The van der Waals surface area contributed by atoms with Gasteiger partial charge in [-0.3, -0.25) is 4.79 Å². The normalized spacial score (nSPS) is 9.94. The molecule has 1 aromatic heterocycles. The van der Waals surface area contributed by atoms with Crippen LogP contribution in [-0.4, -0.2) is 42.7 Å². The quantitative estimate of drug-likeness (QED) is 0.0431. The molecule has 5 aromatic rings. The molecule has 0 saturated carbocycles. The number of carbonyl (C=O) groups is 3. The molecule has 0 unspecified atom stereocenters. The van der Waals surface area contributed by atoms with Crippen molar-refractivity contribution in [3.8, 4) is 11.5 Å². The van der Waals surface area contributed by atoms with Crippen LogP contribution in [0.5, 0.6) is 11.5 Å². The van der Waals surface area contributed by atoms with Crippen LogP contribution in [0.25, 0.3) is 10.9 Å². The molecule has 2 N–H and O–H groups in total. The highest BCUT2D eigenvalue weighted by atomic mass is 16.6. The van der Waals surface area contributed by atoms with E-state index >= 15 is 0 Å². The zero-order valence-corrected chi connectivity index (χ0v) is 30.3. The van der Waals surface area contributed by atoms with Crippen LogP contribution in [0.2, 0.25) is 0 Å². The number of rotatable bonds is 12. The smallest absolute Gasteiger partial charge is 0.347 e. The Bertz CT molecular complexity index is 1910. The lowest BCUT2D eigenvalue weighted by Gasteiger charge is -2.10. The van der Waals surface area contributed by atoms with Crippen LogP contribution in [0.1, 0.15) is 56.1 Å². The largest absolute Gasteiger partial charge is 0.462 e. The molecular weight excluding hydrogens is 660 g/mol. The number of H-pyrrole nitrogens is 1. The fourth-order valence-electron chi connectivity index (χ4n) is 4.82. The van der Waals surface area contributed by atoms with Gasteiger partial charge in [-0.05, 0) is 81.1 Å². The van der Waals surface area contributed by atoms with Crippen molar-refractivity contribution in [2.75, 3.05) is 25.1 Å². The first-order valence-corrected chi connectivity index (χ1v) is 17.2. The Balaban J connectivity index is 0.000000215. The summed E-state index contributed by atoms with van der Waals surface area (Å²) in [4.78, 5) is 50.4. The van der Waals surface area contributed by atoms with Gasteiger partial charge in [-0.1, -0.05) is 80.6 Å². The van der Waals surface area contributed by atoms with E-state index in [2.05, 4.69) is 10.3 Å². The van der Waals surface area contributed by atoms with Gasteiger partial charge in [0.2, 0.25) is 5.43 Å². The third kappa shape index (κ3) is 12.0. The van der Waals surface area contributed by atoms with Crippen LogP contribution in [-0.2, 0) is 36.6 Å².